The largest absolute Gasteiger partial charge is 0.461 e. The van der Waals surface area contributed by atoms with Crippen LogP contribution in [-0.4, -0.2) is 53.6 Å². The van der Waals surface area contributed by atoms with E-state index in [2.05, 4.69) is 29.2 Å². The molecule has 1 aliphatic heterocycles. The standard InChI is InChI=1S/C29H30N4O3/c1-2-36-29(34)25-19-24(20-11-13-22(14-12-20)32-15-17-35-18-16-32)26-27(21-7-6-8-21)31-33(28(26)30-25)23-9-4-3-5-10-23/h3-5,9-14,19,21H,2,6-8,15-18H2,1H3. The van der Waals surface area contributed by atoms with Crippen molar-refractivity contribution in [3.05, 3.63) is 72.1 Å². The fraction of sp³-hybridized carbons (Fsp3) is 0.345. The average molecular weight is 483 g/mol. The van der Waals surface area contributed by atoms with E-state index in [1.54, 1.807) is 0 Å². The van der Waals surface area contributed by atoms with E-state index in [4.69, 9.17) is 19.6 Å². The van der Waals surface area contributed by atoms with Gasteiger partial charge in [-0.1, -0.05) is 36.8 Å². The molecule has 3 heterocycles. The van der Waals surface area contributed by atoms with E-state index >= 15 is 0 Å². The van der Waals surface area contributed by atoms with Crippen molar-refractivity contribution in [2.24, 2.45) is 0 Å². The molecule has 36 heavy (non-hydrogen) atoms. The van der Waals surface area contributed by atoms with E-state index in [0.717, 1.165) is 67.0 Å². The van der Waals surface area contributed by atoms with Gasteiger partial charge in [-0.05, 0) is 61.2 Å². The number of carbonyl (C=O) groups is 1. The van der Waals surface area contributed by atoms with Gasteiger partial charge in [-0.3, -0.25) is 0 Å². The van der Waals surface area contributed by atoms with Crippen molar-refractivity contribution in [1.82, 2.24) is 14.8 Å². The van der Waals surface area contributed by atoms with Crippen molar-refractivity contribution in [3.63, 3.8) is 0 Å². The fourth-order valence-corrected chi connectivity index (χ4v) is 5.07. The Hall–Kier alpha value is -3.71. The van der Waals surface area contributed by atoms with Crippen LogP contribution in [-0.2, 0) is 9.47 Å². The summed E-state index contributed by atoms with van der Waals surface area (Å²) in [6.07, 6.45) is 3.45. The number of pyridine rings is 1. The Balaban J connectivity index is 1.54. The lowest BCUT2D eigenvalue weighted by molar-refractivity contribution is 0.0520. The van der Waals surface area contributed by atoms with Crippen molar-refractivity contribution in [2.75, 3.05) is 37.8 Å². The summed E-state index contributed by atoms with van der Waals surface area (Å²) in [7, 11) is 0. The molecule has 0 amide bonds. The number of esters is 1. The van der Waals surface area contributed by atoms with Crippen LogP contribution in [0, 0.1) is 0 Å². The number of carbonyl (C=O) groups excluding carboxylic acids is 1. The van der Waals surface area contributed by atoms with Gasteiger partial charge >= 0.3 is 5.97 Å². The maximum absolute atomic E-state index is 12.9. The van der Waals surface area contributed by atoms with Crippen LogP contribution in [0.5, 0.6) is 0 Å². The van der Waals surface area contributed by atoms with Crippen LogP contribution in [0.3, 0.4) is 0 Å². The summed E-state index contributed by atoms with van der Waals surface area (Å²) in [6.45, 7) is 5.39. The topological polar surface area (TPSA) is 69.5 Å². The number of anilines is 1. The van der Waals surface area contributed by atoms with Crippen molar-refractivity contribution in [1.29, 1.82) is 0 Å². The van der Waals surface area contributed by atoms with Gasteiger partial charge in [0.1, 0.15) is 0 Å². The quantitative estimate of drug-likeness (QED) is 0.344. The second-order valence-corrected chi connectivity index (χ2v) is 9.38. The van der Waals surface area contributed by atoms with Gasteiger partial charge in [0.2, 0.25) is 0 Å². The summed E-state index contributed by atoms with van der Waals surface area (Å²) in [5.74, 6) is -0.0179. The minimum Gasteiger partial charge on any atom is -0.461 e. The third-order valence-corrected chi connectivity index (χ3v) is 7.20. The van der Waals surface area contributed by atoms with E-state index < -0.39 is 5.97 Å². The van der Waals surface area contributed by atoms with Crippen molar-refractivity contribution in [3.8, 4) is 16.8 Å². The molecular formula is C29H30N4O3. The highest BCUT2D eigenvalue weighted by Crippen LogP contribution is 2.43. The van der Waals surface area contributed by atoms with Gasteiger partial charge in [0.05, 0.1) is 36.6 Å². The third kappa shape index (κ3) is 4.13. The predicted molar refractivity (Wildman–Crippen MR) is 140 cm³/mol. The lowest BCUT2D eigenvalue weighted by Crippen LogP contribution is -2.36. The molecule has 0 unspecified atom stereocenters. The molecule has 0 radical (unpaired) electrons. The number of benzene rings is 2. The zero-order chi connectivity index (χ0) is 24.5. The van der Waals surface area contributed by atoms with Gasteiger partial charge in [-0.25, -0.2) is 14.5 Å². The van der Waals surface area contributed by atoms with Crippen LogP contribution >= 0.6 is 0 Å². The third-order valence-electron chi connectivity index (χ3n) is 7.20. The van der Waals surface area contributed by atoms with Crippen molar-refractivity contribution >= 4 is 22.7 Å². The first kappa shape index (κ1) is 22.7. The number of aromatic nitrogens is 3. The van der Waals surface area contributed by atoms with Crippen molar-refractivity contribution in [2.45, 2.75) is 32.1 Å². The van der Waals surface area contributed by atoms with Crippen LogP contribution < -0.4 is 4.90 Å². The average Bonchev–Trinajstić information content (AvgIpc) is 3.27. The molecule has 0 bridgehead atoms. The monoisotopic (exact) mass is 482 g/mol. The molecule has 1 saturated carbocycles. The molecule has 2 aliphatic rings. The van der Waals surface area contributed by atoms with E-state index in [-0.39, 0.29) is 0 Å². The lowest BCUT2D eigenvalue weighted by atomic mass is 9.81. The Labute approximate surface area is 210 Å². The summed E-state index contributed by atoms with van der Waals surface area (Å²) >= 11 is 0. The van der Waals surface area contributed by atoms with Crippen LogP contribution in [0.25, 0.3) is 27.8 Å². The van der Waals surface area contributed by atoms with Crippen LogP contribution in [0.4, 0.5) is 5.69 Å². The summed E-state index contributed by atoms with van der Waals surface area (Å²) in [4.78, 5) is 20.0. The number of nitrogens with zero attached hydrogens (tertiary/aromatic N) is 4. The van der Waals surface area contributed by atoms with Crippen LogP contribution in [0.15, 0.2) is 60.7 Å². The normalized spacial score (nSPS) is 16.2. The second-order valence-electron chi connectivity index (χ2n) is 9.38. The second kappa shape index (κ2) is 9.74. The molecule has 0 atom stereocenters. The molecule has 0 N–H and O–H groups in total. The Morgan fingerprint density at radius 3 is 2.44 bits per heavy atom. The van der Waals surface area contributed by atoms with E-state index in [9.17, 15) is 4.79 Å². The zero-order valence-electron chi connectivity index (χ0n) is 20.5. The molecule has 2 aromatic carbocycles. The Kier molecular flexibility index (Phi) is 6.15. The molecule has 4 aromatic rings. The van der Waals surface area contributed by atoms with E-state index in [1.165, 1.54) is 12.1 Å². The minimum absolute atomic E-state index is 0.299. The van der Waals surface area contributed by atoms with Gasteiger partial charge in [-0.2, -0.15) is 5.10 Å². The Morgan fingerprint density at radius 2 is 1.78 bits per heavy atom. The number of ether oxygens (including phenoxy) is 2. The number of fused-ring (bicyclic) bond motifs is 1. The number of hydrogen-bond donors (Lipinski definition) is 0. The van der Waals surface area contributed by atoms with Gasteiger partial charge in [0.25, 0.3) is 0 Å². The van der Waals surface area contributed by atoms with E-state index in [0.29, 0.717) is 23.9 Å². The first-order valence-electron chi connectivity index (χ1n) is 12.8. The molecule has 7 nitrogen and oxygen atoms in total. The number of morpholine rings is 1. The summed E-state index contributed by atoms with van der Waals surface area (Å²) in [5, 5.41) is 6.11. The predicted octanol–water partition coefficient (Wildman–Crippen LogP) is 5.37. The molecular weight excluding hydrogens is 452 g/mol. The highest BCUT2D eigenvalue weighted by molar-refractivity contribution is 6.00. The maximum atomic E-state index is 12.9. The highest BCUT2D eigenvalue weighted by Gasteiger charge is 2.29. The molecule has 184 valence electrons. The van der Waals surface area contributed by atoms with Gasteiger partial charge in [-0.15, -0.1) is 0 Å². The van der Waals surface area contributed by atoms with Gasteiger partial charge in [0.15, 0.2) is 11.3 Å². The molecule has 6 rings (SSSR count). The Bertz CT molecular complexity index is 1370. The smallest absolute Gasteiger partial charge is 0.357 e. The number of rotatable bonds is 6. The molecule has 7 heteroatoms. The van der Waals surface area contributed by atoms with Gasteiger partial charge < -0.3 is 14.4 Å². The zero-order valence-corrected chi connectivity index (χ0v) is 20.5. The maximum Gasteiger partial charge on any atom is 0.357 e. The number of para-hydroxylation sites is 1. The van der Waals surface area contributed by atoms with Gasteiger partial charge in [0, 0.05) is 24.7 Å². The molecule has 2 aromatic heterocycles. The van der Waals surface area contributed by atoms with Crippen molar-refractivity contribution < 1.29 is 14.3 Å². The SMILES string of the molecule is CCOC(=O)c1cc(-c2ccc(N3CCOCC3)cc2)c2c(C3CCC3)nn(-c3ccccc3)c2n1. The Morgan fingerprint density at radius 1 is 1.03 bits per heavy atom. The highest BCUT2D eigenvalue weighted by atomic mass is 16.5. The first-order chi connectivity index (χ1) is 17.7. The minimum atomic E-state index is -0.420. The molecule has 1 aliphatic carbocycles. The number of hydrogen-bond acceptors (Lipinski definition) is 6. The van der Waals surface area contributed by atoms with E-state index in [1.807, 2.05) is 48.0 Å². The lowest BCUT2D eigenvalue weighted by Gasteiger charge is -2.29. The fourth-order valence-electron chi connectivity index (χ4n) is 5.07. The molecule has 1 saturated heterocycles. The first-order valence-corrected chi connectivity index (χ1v) is 12.8. The summed E-state index contributed by atoms with van der Waals surface area (Å²) in [5.41, 5.74) is 6.18. The van der Waals surface area contributed by atoms with Crippen LogP contribution in [0.1, 0.15) is 48.3 Å². The van der Waals surface area contributed by atoms with Crippen LogP contribution in [0.2, 0.25) is 0 Å². The summed E-state index contributed by atoms with van der Waals surface area (Å²) in [6, 6.07) is 20.5. The molecule has 2 fully saturated rings. The summed E-state index contributed by atoms with van der Waals surface area (Å²) < 4.78 is 12.7. The molecule has 0 spiro atoms.